The zero-order valence-corrected chi connectivity index (χ0v) is 21.8. The molecule has 3 aromatic rings. The Morgan fingerprint density at radius 1 is 1.14 bits per heavy atom. The maximum Gasteiger partial charge on any atom is 0.412 e. The molecule has 5 rings (SSSR count). The lowest BCUT2D eigenvalue weighted by Crippen LogP contribution is -2.33. The third-order valence-electron chi connectivity index (χ3n) is 7.63. The maximum atomic E-state index is 12.7. The summed E-state index contributed by atoms with van der Waals surface area (Å²) in [6.07, 6.45) is 3.29. The summed E-state index contributed by atoms with van der Waals surface area (Å²) >= 11 is 1.77. The monoisotopic (exact) mass is 502 g/mol. The van der Waals surface area contributed by atoms with Gasteiger partial charge in [0.15, 0.2) is 0 Å². The zero-order chi connectivity index (χ0) is 25.3. The molecule has 1 aliphatic heterocycles. The van der Waals surface area contributed by atoms with Crippen molar-refractivity contribution in [3.05, 3.63) is 93.9 Å². The topological polar surface area (TPSA) is 61.8 Å². The number of hydrogen-bond donors (Lipinski definition) is 2. The van der Waals surface area contributed by atoms with Crippen LogP contribution in [0.25, 0.3) is 0 Å². The number of piperidine rings is 1. The number of allylic oxidation sites excluding steroid dienone is 1. The van der Waals surface area contributed by atoms with Gasteiger partial charge in [-0.25, -0.2) is 4.79 Å². The molecule has 2 heterocycles. The maximum absolute atomic E-state index is 12.7. The molecule has 0 spiro atoms. The van der Waals surface area contributed by atoms with Crippen LogP contribution < -0.4 is 10.2 Å². The van der Waals surface area contributed by atoms with E-state index in [9.17, 15) is 9.90 Å². The summed E-state index contributed by atoms with van der Waals surface area (Å²) in [5.74, 6) is 0.693. The van der Waals surface area contributed by atoms with Gasteiger partial charge in [-0.05, 0) is 74.8 Å². The molecule has 2 fully saturated rings. The van der Waals surface area contributed by atoms with Crippen molar-refractivity contribution in [2.75, 3.05) is 23.3 Å². The third kappa shape index (κ3) is 5.00. The predicted octanol–water partition coefficient (Wildman–Crippen LogP) is 7.85. The molecule has 2 N–H and O–H groups in total. The van der Waals surface area contributed by atoms with Crippen molar-refractivity contribution in [1.29, 1.82) is 0 Å². The smallest absolute Gasteiger partial charge is 0.412 e. The normalized spacial score (nSPS) is 17.9. The summed E-state index contributed by atoms with van der Waals surface area (Å²) in [7, 11) is 0. The first-order valence-electron chi connectivity index (χ1n) is 12.7. The van der Waals surface area contributed by atoms with E-state index in [1.54, 1.807) is 11.3 Å². The molecule has 1 saturated carbocycles. The van der Waals surface area contributed by atoms with Crippen molar-refractivity contribution in [2.45, 2.75) is 57.0 Å². The average Bonchev–Trinajstić information content (AvgIpc) is 3.63. The van der Waals surface area contributed by atoms with Crippen LogP contribution in [0.1, 0.15) is 65.5 Å². The van der Waals surface area contributed by atoms with Crippen LogP contribution in [0.4, 0.5) is 16.2 Å². The largest absolute Gasteiger partial charge is 0.512 e. The number of rotatable bonds is 7. The SMILES string of the molecule is C=C(O)C1(c2ccc(N3CCC(c4sc(C)cc4NC(=O)O[C@H](C)c4ccccc4)CC3)cc2)CC1. The summed E-state index contributed by atoms with van der Waals surface area (Å²) < 4.78 is 5.64. The van der Waals surface area contributed by atoms with Crippen LogP contribution >= 0.6 is 11.3 Å². The second kappa shape index (κ2) is 10.0. The molecule has 1 saturated heterocycles. The van der Waals surface area contributed by atoms with Crippen molar-refractivity contribution in [2.24, 2.45) is 0 Å². The molecule has 0 bridgehead atoms. The lowest BCUT2D eigenvalue weighted by Gasteiger charge is -2.34. The van der Waals surface area contributed by atoms with Gasteiger partial charge in [0.2, 0.25) is 0 Å². The Labute approximate surface area is 217 Å². The summed E-state index contributed by atoms with van der Waals surface area (Å²) in [5, 5.41) is 13.0. The fourth-order valence-electron chi connectivity index (χ4n) is 5.29. The number of thiophene rings is 1. The van der Waals surface area contributed by atoms with E-state index < -0.39 is 6.09 Å². The molecule has 6 heteroatoms. The molecule has 188 valence electrons. The van der Waals surface area contributed by atoms with E-state index in [-0.39, 0.29) is 17.3 Å². The van der Waals surface area contributed by atoms with Gasteiger partial charge >= 0.3 is 6.09 Å². The standard InChI is InChI=1S/C30H34N2O3S/c1-20-19-27(31-29(34)35-21(2)23-7-5-4-6-8-23)28(36-20)24-13-17-32(18-14-24)26-11-9-25(10-12-26)30(15-16-30)22(3)33/h4-12,19,21,24,33H,3,13-18H2,1-2H3,(H,31,34)/t21-/m1/s1. The van der Waals surface area contributed by atoms with Gasteiger partial charge in [-0.2, -0.15) is 0 Å². The summed E-state index contributed by atoms with van der Waals surface area (Å²) in [4.78, 5) is 17.5. The van der Waals surface area contributed by atoms with Crippen LogP contribution in [-0.4, -0.2) is 24.3 Å². The molecule has 0 unspecified atom stereocenters. The Balaban J connectivity index is 1.19. The number of ether oxygens (including phenoxy) is 1. The second-order valence-electron chi connectivity index (χ2n) is 10.1. The number of aryl methyl sites for hydroxylation is 1. The molecule has 2 aromatic carbocycles. The lowest BCUT2D eigenvalue weighted by atomic mass is 9.92. The van der Waals surface area contributed by atoms with Gasteiger partial charge in [0, 0.05) is 28.5 Å². The van der Waals surface area contributed by atoms with Crippen LogP contribution in [0, 0.1) is 6.92 Å². The minimum atomic E-state index is -0.415. The van der Waals surface area contributed by atoms with Gasteiger partial charge in [0.05, 0.1) is 16.9 Å². The van der Waals surface area contributed by atoms with E-state index >= 15 is 0 Å². The van der Waals surface area contributed by atoms with Gasteiger partial charge in [-0.15, -0.1) is 11.3 Å². The number of carbonyl (C=O) groups is 1. The first kappa shape index (κ1) is 24.4. The fraction of sp³-hybridized carbons (Fsp3) is 0.367. The van der Waals surface area contributed by atoms with E-state index in [4.69, 9.17) is 4.74 Å². The highest BCUT2D eigenvalue weighted by Gasteiger charge is 2.47. The summed E-state index contributed by atoms with van der Waals surface area (Å²) in [6, 6.07) is 20.5. The van der Waals surface area contributed by atoms with Gasteiger partial charge in [-0.3, -0.25) is 5.32 Å². The number of amides is 1. The van der Waals surface area contributed by atoms with E-state index in [1.165, 1.54) is 15.4 Å². The number of aliphatic hydroxyl groups is 1. The molecule has 1 amide bonds. The first-order valence-corrected chi connectivity index (χ1v) is 13.5. The number of carbonyl (C=O) groups excluding carboxylic acids is 1. The Kier molecular flexibility index (Phi) is 6.80. The average molecular weight is 503 g/mol. The number of aliphatic hydroxyl groups excluding tert-OH is 1. The number of anilines is 2. The Hall–Kier alpha value is -3.25. The van der Waals surface area contributed by atoms with Crippen LogP contribution in [0.15, 0.2) is 73.0 Å². The number of nitrogens with zero attached hydrogens (tertiary/aromatic N) is 1. The summed E-state index contributed by atoms with van der Waals surface area (Å²) in [6.45, 7) is 9.69. The number of hydrogen-bond acceptors (Lipinski definition) is 5. The predicted molar refractivity (Wildman–Crippen MR) is 147 cm³/mol. The van der Waals surface area contributed by atoms with Crippen molar-refractivity contribution < 1.29 is 14.6 Å². The molecule has 1 atom stereocenters. The van der Waals surface area contributed by atoms with Gasteiger partial charge < -0.3 is 14.7 Å². The van der Waals surface area contributed by atoms with Gasteiger partial charge in [0.25, 0.3) is 0 Å². The van der Waals surface area contributed by atoms with E-state index in [0.29, 0.717) is 5.92 Å². The van der Waals surface area contributed by atoms with Crippen molar-refractivity contribution in [3.8, 4) is 0 Å². The third-order valence-corrected chi connectivity index (χ3v) is 8.84. The molecule has 1 aliphatic carbocycles. The Morgan fingerprint density at radius 2 is 1.81 bits per heavy atom. The van der Waals surface area contributed by atoms with Crippen molar-refractivity contribution >= 4 is 28.8 Å². The lowest BCUT2D eigenvalue weighted by molar-refractivity contribution is 0.121. The molecular weight excluding hydrogens is 468 g/mol. The fourth-order valence-corrected chi connectivity index (χ4v) is 6.43. The highest BCUT2D eigenvalue weighted by molar-refractivity contribution is 7.12. The summed E-state index contributed by atoms with van der Waals surface area (Å²) in [5.41, 5.74) is 4.02. The number of benzene rings is 2. The molecule has 0 radical (unpaired) electrons. The number of nitrogens with one attached hydrogen (secondary N) is 1. The molecule has 5 nitrogen and oxygen atoms in total. The second-order valence-corrected chi connectivity index (χ2v) is 11.3. The van der Waals surface area contributed by atoms with Crippen LogP contribution in [-0.2, 0) is 10.2 Å². The molecular formula is C30H34N2O3S. The zero-order valence-electron chi connectivity index (χ0n) is 21.0. The van der Waals surface area contributed by atoms with E-state index in [0.717, 1.165) is 55.6 Å². The van der Waals surface area contributed by atoms with Gasteiger partial charge in [0.1, 0.15) is 6.10 Å². The quantitative estimate of drug-likeness (QED) is 0.323. The first-order chi connectivity index (χ1) is 17.4. The molecule has 1 aromatic heterocycles. The minimum Gasteiger partial charge on any atom is -0.512 e. The van der Waals surface area contributed by atoms with Crippen LogP contribution in [0.3, 0.4) is 0 Å². The van der Waals surface area contributed by atoms with Crippen molar-refractivity contribution in [3.63, 3.8) is 0 Å². The molecule has 36 heavy (non-hydrogen) atoms. The Morgan fingerprint density at radius 3 is 2.42 bits per heavy atom. The van der Waals surface area contributed by atoms with Crippen molar-refractivity contribution in [1.82, 2.24) is 0 Å². The highest BCUT2D eigenvalue weighted by Crippen LogP contribution is 2.52. The van der Waals surface area contributed by atoms with E-state index in [2.05, 4.69) is 54.1 Å². The minimum absolute atomic E-state index is 0.216. The van der Waals surface area contributed by atoms with Crippen LogP contribution in [0.2, 0.25) is 0 Å². The van der Waals surface area contributed by atoms with Crippen LogP contribution in [0.5, 0.6) is 0 Å². The highest BCUT2D eigenvalue weighted by atomic mass is 32.1. The molecule has 2 aliphatic rings. The van der Waals surface area contributed by atoms with E-state index in [1.807, 2.05) is 37.3 Å². The van der Waals surface area contributed by atoms with Gasteiger partial charge in [-0.1, -0.05) is 49.0 Å². The Bertz CT molecular complexity index is 1220.